The summed E-state index contributed by atoms with van der Waals surface area (Å²) in [6.07, 6.45) is 3.70. The van der Waals surface area contributed by atoms with Gasteiger partial charge < -0.3 is 25.6 Å². The first-order chi connectivity index (χ1) is 23.7. The van der Waals surface area contributed by atoms with E-state index in [-0.39, 0.29) is 59.1 Å². The second kappa shape index (κ2) is 17.1. The third-order valence-electron chi connectivity index (χ3n) is 7.93. The van der Waals surface area contributed by atoms with Gasteiger partial charge in [-0.05, 0) is 43.2 Å². The van der Waals surface area contributed by atoms with Crippen LogP contribution in [0, 0.1) is 5.92 Å². The molecule has 4 heterocycles. The number of methoxy groups -OCH3 is 1. The SMILES string of the molecule is COc1ccnc(C(=O)N2CCCNC(=O)c3csc(n3)[C@H](Cc3ccccc3)NC(=O)c3csc(n3)[C@H](CC(C)C)NC(=O)CCC2)c1. The molecule has 0 fully saturated rings. The number of carbonyl (C=O) groups is 4. The molecule has 0 saturated heterocycles. The summed E-state index contributed by atoms with van der Waals surface area (Å²) in [4.78, 5) is 68.6. The van der Waals surface area contributed by atoms with Crippen molar-refractivity contribution in [2.24, 2.45) is 5.92 Å². The summed E-state index contributed by atoms with van der Waals surface area (Å²) < 4.78 is 5.28. The number of benzene rings is 1. The summed E-state index contributed by atoms with van der Waals surface area (Å²) in [7, 11) is 1.52. The van der Waals surface area contributed by atoms with E-state index in [0.717, 1.165) is 5.56 Å². The Hall–Kier alpha value is -4.69. The molecule has 49 heavy (non-hydrogen) atoms. The van der Waals surface area contributed by atoms with Crippen molar-refractivity contribution in [3.8, 4) is 5.75 Å². The molecule has 0 spiro atoms. The lowest BCUT2D eigenvalue weighted by molar-refractivity contribution is -0.122. The van der Waals surface area contributed by atoms with Crippen LogP contribution in [-0.4, -0.2) is 70.2 Å². The monoisotopic (exact) mass is 703 g/mol. The Morgan fingerprint density at radius 1 is 0.939 bits per heavy atom. The Labute approximate surface area is 293 Å². The average Bonchev–Trinajstić information content (AvgIpc) is 3.80. The number of amides is 4. The van der Waals surface area contributed by atoms with Gasteiger partial charge in [0.15, 0.2) is 0 Å². The number of nitrogens with zero attached hydrogens (tertiary/aromatic N) is 4. The van der Waals surface area contributed by atoms with E-state index in [4.69, 9.17) is 4.74 Å². The zero-order valence-corrected chi connectivity index (χ0v) is 29.4. The molecule has 0 unspecified atom stereocenters. The summed E-state index contributed by atoms with van der Waals surface area (Å²) in [6, 6.07) is 12.1. The van der Waals surface area contributed by atoms with E-state index in [2.05, 4.69) is 44.7 Å². The Bertz CT molecular complexity index is 1740. The molecule has 1 aliphatic heterocycles. The minimum absolute atomic E-state index is 0.167. The first kappa shape index (κ1) is 35.6. The summed E-state index contributed by atoms with van der Waals surface area (Å²) in [5.74, 6) is -0.388. The molecular formula is C35H41N7O5S2. The Morgan fingerprint density at radius 2 is 1.63 bits per heavy atom. The van der Waals surface area contributed by atoms with Crippen molar-refractivity contribution in [1.29, 1.82) is 0 Å². The summed E-state index contributed by atoms with van der Waals surface area (Å²) in [5, 5.41) is 13.7. The number of carbonyl (C=O) groups excluding carboxylic acids is 4. The molecule has 4 aromatic rings. The standard InChI is InChI=1S/C35H41N7O5S2/c1-22(2)17-25-33-41-29(21-49-33)32(45)39-26(18-23-9-5-4-6-10-23)34-40-28(20-48-34)31(44)37-13-8-16-42(15-7-11-30(43)38-25)35(46)27-19-24(47-3)12-14-36-27/h4-6,9-10,12,14,19-22,25-26H,7-8,11,13,15-18H2,1-3H3,(H,37,44)(H,38,43)(H,39,45)/t25-,26-/m0/s1. The van der Waals surface area contributed by atoms with E-state index in [9.17, 15) is 19.2 Å². The molecule has 12 nitrogen and oxygen atoms in total. The van der Waals surface area contributed by atoms with Gasteiger partial charge in [0.1, 0.15) is 32.8 Å². The maximum Gasteiger partial charge on any atom is 0.272 e. The summed E-state index contributed by atoms with van der Waals surface area (Å²) in [6.45, 7) is 5.09. The highest BCUT2D eigenvalue weighted by molar-refractivity contribution is 7.10. The molecular weight excluding hydrogens is 663 g/mol. The van der Waals surface area contributed by atoms with E-state index >= 15 is 0 Å². The van der Waals surface area contributed by atoms with Gasteiger partial charge in [0.2, 0.25) is 5.91 Å². The smallest absolute Gasteiger partial charge is 0.272 e. The molecule has 1 aliphatic rings. The number of ether oxygens (including phenoxy) is 1. The number of hydrogen-bond donors (Lipinski definition) is 3. The number of fused-ring (bicyclic) bond motifs is 4. The first-order valence-electron chi connectivity index (χ1n) is 16.3. The topological polar surface area (TPSA) is 156 Å². The molecule has 4 bridgehead atoms. The van der Waals surface area contributed by atoms with E-state index < -0.39 is 6.04 Å². The van der Waals surface area contributed by atoms with E-state index in [1.807, 2.05) is 30.3 Å². The third kappa shape index (κ3) is 9.92. The lowest BCUT2D eigenvalue weighted by Gasteiger charge is -2.23. The van der Waals surface area contributed by atoms with Crippen LogP contribution in [0.25, 0.3) is 0 Å². The summed E-state index contributed by atoms with van der Waals surface area (Å²) in [5.41, 5.74) is 1.74. The average molecular weight is 704 g/mol. The van der Waals surface area contributed by atoms with Crippen LogP contribution >= 0.6 is 22.7 Å². The molecule has 3 aromatic heterocycles. The van der Waals surface area contributed by atoms with Gasteiger partial charge in [0, 0.05) is 49.1 Å². The van der Waals surface area contributed by atoms with E-state index in [0.29, 0.717) is 61.1 Å². The number of rotatable bonds is 6. The van der Waals surface area contributed by atoms with E-state index in [1.165, 1.54) is 36.0 Å². The van der Waals surface area contributed by atoms with Crippen LogP contribution in [0.3, 0.4) is 0 Å². The van der Waals surface area contributed by atoms with Gasteiger partial charge >= 0.3 is 0 Å². The van der Waals surface area contributed by atoms with Crippen molar-refractivity contribution in [3.05, 3.63) is 92.1 Å². The first-order valence-corrected chi connectivity index (χ1v) is 18.1. The second-order valence-corrected chi connectivity index (χ2v) is 14.0. The lowest BCUT2D eigenvalue weighted by Crippen LogP contribution is -2.36. The minimum Gasteiger partial charge on any atom is -0.497 e. The Morgan fingerprint density at radius 3 is 2.35 bits per heavy atom. The second-order valence-electron chi connectivity index (χ2n) is 12.2. The number of hydrogen-bond acceptors (Lipinski definition) is 10. The minimum atomic E-state index is -0.503. The fraction of sp³-hybridized carbons (Fsp3) is 0.400. The Balaban J connectivity index is 1.41. The number of nitrogens with one attached hydrogen (secondary N) is 3. The maximum absolute atomic E-state index is 13.6. The molecule has 1 aromatic carbocycles. The van der Waals surface area contributed by atoms with Crippen molar-refractivity contribution >= 4 is 46.3 Å². The summed E-state index contributed by atoms with van der Waals surface area (Å²) >= 11 is 2.63. The van der Waals surface area contributed by atoms with Crippen LogP contribution in [0.15, 0.2) is 59.4 Å². The van der Waals surface area contributed by atoms with Crippen LogP contribution in [0.4, 0.5) is 0 Å². The van der Waals surface area contributed by atoms with Gasteiger partial charge in [-0.25, -0.2) is 9.97 Å². The van der Waals surface area contributed by atoms with Crippen LogP contribution in [0.5, 0.6) is 5.75 Å². The van der Waals surface area contributed by atoms with Crippen LogP contribution < -0.4 is 20.7 Å². The quantitative estimate of drug-likeness (QED) is 0.254. The van der Waals surface area contributed by atoms with E-state index in [1.54, 1.807) is 27.8 Å². The van der Waals surface area contributed by atoms with Crippen molar-refractivity contribution in [1.82, 2.24) is 35.8 Å². The normalized spacial score (nSPS) is 18.2. The number of pyridine rings is 1. The van der Waals surface area contributed by atoms with Crippen molar-refractivity contribution in [2.75, 3.05) is 26.7 Å². The van der Waals surface area contributed by atoms with Crippen molar-refractivity contribution in [3.63, 3.8) is 0 Å². The highest BCUT2D eigenvalue weighted by Gasteiger charge is 2.26. The van der Waals surface area contributed by atoms with Crippen molar-refractivity contribution < 1.29 is 23.9 Å². The molecule has 14 heteroatoms. The maximum atomic E-state index is 13.6. The molecule has 2 atom stereocenters. The van der Waals surface area contributed by atoms with Crippen LogP contribution in [0.2, 0.25) is 0 Å². The van der Waals surface area contributed by atoms with Gasteiger partial charge in [0.25, 0.3) is 17.7 Å². The molecule has 3 N–H and O–H groups in total. The van der Waals surface area contributed by atoms with Gasteiger partial charge in [-0.1, -0.05) is 44.2 Å². The van der Waals surface area contributed by atoms with Gasteiger partial charge in [-0.15, -0.1) is 22.7 Å². The molecule has 0 radical (unpaired) electrons. The lowest BCUT2D eigenvalue weighted by atomic mass is 10.0. The van der Waals surface area contributed by atoms with Crippen LogP contribution in [-0.2, 0) is 11.2 Å². The number of thiazole rings is 2. The van der Waals surface area contributed by atoms with Crippen molar-refractivity contribution in [2.45, 2.75) is 58.0 Å². The fourth-order valence-corrected chi connectivity index (χ4v) is 7.18. The highest BCUT2D eigenvalue weighted by Crippen LogP contribution is 2.27. The zero-order chi connectivity index (χ0) is 34.8. The predicted molar refractivity (Wildman–Crippen MR) is 188 cm³/mol. The molecule has 4 amide bonds. The Kier molecular flexibility index (Phi) is 12.4. The predicted octanol–water partition coefficient (Wildman–Crippen LogP) is 4.98. The molecule has 0 saturated carbocycles. The highest BCUT2D eigenvalue weighted by atomic mass is 32.1. The zero-order valence-electron chi connectivity index (χ0n) is 27.8. The third-order valence-corrected chi connectivity index (χ3v) is 9.85. The van der Waals surface area contributed by atoms with Crippen LogP contribution in [0.1, 0.15) is 98.7 Å². The molecule has 5 rings (SSSR count). The van der Waals surface area contributed by atoms with Gasteiger partial charge in [-0.2, -0.15) is 0 Å². The van der Waals surface area contributed by atoms with Gasteiger partial charge in [0.05, 0.1) is 19.2 Å². The largest absolute Gasteiger partial charge is 0.497 e. The molecule has 258 valence electrons. The fourth-order valence-electron chi connectivity index (χ4n) is 5.47. The van der Waals surface area contributed by atoms with Gasteiger partial charge in [-0.3, -0.25) is 24.2 Å². The molecule has 0 aliphatic carbocycles. The number of aromatic nitrogens is 3.